The van der Waals surface area contributed by atoms with Crippen molar-refractivity contribution in [2.75, 3.05) is 18.6 Å². The lowest BCUT2D eigenvalue weighted by atomic mass is 9.76. The van der Waals surface area contributed by atoms with Crippen molar-refractivity contribution in [1.82, 2.24) is 4.98 Å². The van der Waals surface area contributed by atoms with E-state index in [2.05, 4.69) is 4.98 Å². The molecule has 3 aromatic rings. The van der Waals surface area contributed by atoms with Crippen LogP contribution in [-0.4, -0.2) is 24.6 Å². The molecule has 1 atom stereocenters. The van der Waals surface area contributed by atoms with E-state index in [1.54, 1.807) is 18.2 Å². The number of hydrogen-bond acceptors (Lipinski definition) is 4. The van der Waals surface area contributed by atoms with Crippen LogP contribution in [-0.2, 0) is 16.8 Å². The first kappa shape index (κ1) is 15.9. The van der Waals surface area contributed by atoms with E-state index in [1.807, 2.05) is 60.7 Å². The van der Waals surface area contributed by atoms with E-state index >= 15 is 0 Å². The van der Waals surface area contributed by atoms with Gasteiger partial charge in [-0.1, -0.05) is 30.3 Å². The number of anilines is 1. The number of para-hydroxylation sites is 1. The highest BCUT2D eigenvalue weighted by Crippen LogP contribution is 2.55. The van der Waals surface area contributed by atoms with Gasteiger partial charge in [0.2, 0.25) is 5.91 Å². The standard InChI is InChI=1S/C22H18N2O3/c1-26-19-11-6-9-17-20(19)22(14-27-18-10-3-2-8-16(18)22)21(25)24(17)13-15-7-4-5-12-23-15/h2-12H,13-14H2,1H3. The van der Waals surface area contributed by atoms with Gasteiger partial charge in [-0.25, -0.2) is 0 Å². The summed E-state index contributed by atoms with van der Waals surface area (Å²) in [6.07, 6.45) is 1.74. The number of carbonyl (C=O) groups is 1. The lowest BCUT2D eigenvalue weighted by molar-refractivity contribution is -0.122. The van der Waals surface area contributed by atoms with Gasteiger partial charge in [-0.15, -0.1) is 0 Å². The van der Waals surface area contributed by atoms with Crippen molar-refractivity contribution in [3.8, 4) is 11.5 Å². The number of amides is 1. The van der Waals surface area contributed by atoms with Gasteiger partial charge < -0.3 is 14.4 Å². The molecule has 1 aromatic heterocycles. The van der Waals surface area contributed by atoms with Crippen LogP contribution in [0.2, 0.25) is 0 Å². The van der Waals surface area contributed by atoms with Crippen molar-refractivity contribution in [3.63, 3.8) is 0 Å². The van der Waals surface area contributed by atoms with Gasteiger partial charge in [-0.3, -0.25) is 9.78 Å². The van der Waals surface area contributed by atoms with Crippen molar-refractivity contribution < 1.29 is 14.3 Å². The Kier molecular flexibility index (Phi) is 3.44. The first-order valence-corrected chi connectivity index (χ1v) is 8.87. The smallest absolute Gasteiger partial charge is 0.246 e. The van der Waals surface area contributed by atoms with Gasteiger partial charge in [0, 0.05) is 17.3 Å². The summed E-state index contributed by atoms with van der Waals surface area (Å²) in [6, 6.07) is 19.3. The molecule has 0 saturated heterocycles. The summed E-state index contributed by atoms with van der Waals surface area (Å²) in [5.74, 6) is 1.45. The highest BCUT2D eigenvalue weighted by atomic mass is 16.5. The highest BCUT2D eigenvalue weighted by Gasteiger charge is 2.58. The molecule has 5 nitrogen and oxygen atoms in total. The molecule has 134 valence electrons. The SMILES string of the molecule is COc1cccc2c1C1(COc3ccccc31)C(=O)N2Cc1ccccn1. The quantitative estimate of drug-likeness (QED) is 0.721. The van der Waals surface area contributed by atoms with Crippen molar-refractivity contribution in [2.45, 2.75) is 12.0 Å². The Balaban J connectivity index is 1.72. The van der Waals surface area contributed by atoms with Crippen LogP contribution in [0.15, 0.2) is 66.9 Å². The number of benzene rings is 2. The molecule has 2 aliphatic heterocycles. The molecule has 0 aliphatic carbocycles. The Labute approximate surface area is 157 Å². The number of carbonyl (C=O) groups excluding carboxylic acids is 1. The van der Waals surface area contributed by atoms with E-state index in [0.29, 0.717) is 12.3 Å². The average Bonchev–Trinajstić information content (AvgIpc) is 3.22. The number of fused-ring (bicyclic) bond motifs is 4. The highest BCUT2D eigenvalue weighted by molar-refractivity contribution is 6.12. The predicted molar refractivity (Wildman–Crippen MR) is 101 cm³/mol. The van der Waals surface area contributed by atoms with Crippen LogP contribution in [0.4, 0.5) is 5.69 Å². The molecule has 1 spiro atoms. The van der Waals surface area contributed by atoms with E-state index < -0.39 is 5.41 Å². The minimum absolute atomic E-state index is 0.00222. The molecule has 2 aromatic carbocycles. The van der Waals surface area contributed by atoms with Crippen molar-refractivity contribution in [2.24, 2.45) is 0 Å². The van der Waals surface area contributed by atoms with E-state index in [9.17, 15) is 4.79 Å². The lowest BCUT2D eigenvalue weighted by Crippen LogP contribution is -2.42. The molecule has 0 saturated carbocycles. The number of methoxy groups -OCH3 is 1. The summed E-state index contributed by atoms with van der Waals surface area (Å²) in [5, 5.41) is 0. The van der Waals surface area contributed by atoms with Crippen LogP contribution in [0, 0.1) is 0 Å². The number of hydrogen-bond donors (Lipinski definition) is 0. The van der Waals surface area contributed by atoms with Crippen LogP contribution in [0.5, 0.6) is 11.5 Å². The minimum atomic E-state index is -0.882. The molecule has 2 aliphatic rings. The molecule has 1 unspecified atom stereocenters. The first-order valence-electron chi connectivity index (χ1n) is 8.87. The topological polar surface area (TPSA) is 51.7 Å². The molecule has 5 heteroatoms. The third-order valence-corrected chi connectivity index (χ3v) is 5.39. The maximum absolute atomic E-state index is 13.8. The van der Waals surface area contributed by atoms with Gasteiger partial charge in [-0.2, -0.15) is 0 Å². The number of rotatable bonds is 3. The minimum Gasteiger partial charge on any atom is -0.496 e. The molecule has 1 amide bonds. The van der Waals surface area contributed by atoms with Gasteiger partial charge in [0.15, 0.2) is 0 Å². The van der Waals surface area contributed by atoms with Crippen LogP contribution >= 0.6 is 0 Å². The van der Waals surface area contributed by atoms with Crippen LogP contribution in [0.1, 0.15) is 16.8 Å². The first-order chi connectivity index (χ1) is 13.3. The fourth-order valence-electron chi connectivity index (χ4n) is 4.19. The summed E-state index contributed by atoms with van der Waals surface area (Å²) < 4.78 is 11.6. The van der Waals surface area contributed by atoms with Crippen molar-refractivity contribution in [1.29, 1.82) is 0 Å². The zero-order chi connectivity index (χ0) is 18.4. The number of nitrogens with zero attached hydrogens (tertiary/aromatic N) is 2. The van der Waals surface area contributed by atoms with Gasteiger partial charge in [0.05, 0.1) is 25.0 Å². The summed E-state index contributed by atoms with van der Waals surface area (Å²) in [5.41, 5.74) is 2.57. The molecule has 3 heterocycles. The van der Waals surface area contributed by atoms with E-state index in [-0.39, 0.29) is 12.5 Å². The van der Waals surface area contributed by atoms with E-state index in [0.717, 1.165) is 28.3 Å². The summed E-state index contributed by atoms with van der Waals surface area (Å²) in [6.45, 7) is 0.682. The van der Waals surface area contributed by atoms with E-state index in [4.69, 9.17) is 9.47 Å². The molecular formula is C22H18N2O3. The lowest BCUT2D eigenvalue weighted by Gasteiger charge is -2.23. The largest absolute Gasteiger partial charge is 0.496 e. The summed E-state index contributed by atoms with van der Waals surface area (Å²) >= 11 is 0. The molecule has 0 bridgehead atoms. The average molecular weight is 358 g/mol. The summed E-state index contributed by atoms with van der Waals surface area (Å²) in [7, 11) is 1.64. The Morgan fingerprint density at radius 2 is 1.96 bits per heavy atom. The fourth-order valence-corrected chi connectivity index (χ4v) is 4.19. The fraction of sp³-hybridized carbons (Fsp3) is 0.182. The third kappa shape index (κ3) is 2.11. The molecule has 5 rings (SSSR count). The van der Waals surface area contributed by atoms with Gasteiger partial charge in [-0.05, 0) is 30.3 Å². The van der Waals surface area contributed by atoms with Crippen LogP contribution in [0.3, 0.4) is 0 Å². The van der Waals surface area contributed by atoms with Crippen LogP contribution < -0.4 is 14.4 Å². The number of ether oxygens (including phenoxy) is 2. The zero-order valence-corrected chi connectivity index (χ0v) is 14.9. The third-order valence-electron chi connectivity index (χ3n) is 5.39. The van der Waals surface area contributed by atoms with Crippen LogP contribution in [0.25, 0.3) is 0 Å². The maximum atomic E-state index is 13.8. The number of aromatic nitrogens is 1. The normalized spacial score (nSPS) is 19.7. The second kappa shape index (κ2) is 5.84. The zero-order valence-electron chi connectivity index (χ0n) is 14.9. The van der Waals surface area contributed by atoms with Gasteiger partial charge in [0.25, 0.3) is 0 Å². The van der Waals surface area contributed by atoms with Crippen molar-refractivity contribution >= 4 is 11.6 Å². The van der Waals surface area contributed by atoms with Crippen molar-refractivity contribution in [3.05, 3.63) is 83.7 Å². The molecular weight excluding hydrogens is 340 g/mol. The maximum Gasteiger partial charge on any atom is 0.246 e. The molecule has 0 fully saturated rings. The second-order valence-electron chi connectivity index (χ2n) is 6.76. The molecule has 27 heavy (non-hydrogen) atoms. The number of pyridine rings is 1. The monoisotopic (exact) mass is 358 g/mol. The Morgan fingerprint density at radius 3 is 2.78 bits per heavy atom. The molecule has 0 N–H and O–H groups in total. The Hall–Kier alpha value is -3.34. The summed E-state index contributed by atoms with van der Waals surface area (Å²) in [4.78, 5) is 20.0. The second-order valence-corrected chi connectivity index (χ2v) is 6.76. The van der Waals surface area contributed by atoms with Gasteiger partial charge in [0.1, 0.15) is 23.5 Å². The predicted octanol–water partition coefficient (Wildman–Crippen LogP) is 3.32. The Bertz CT molecular complexity index is 1030. The van der Waals surface area contributed by atoms with E-state index in [1.165, 1.54) is 0 Å². The van der Waals surface area contributed by atoms with Gasteiger partial charge >= 0.3 is 0 Å². The Morgan fingerprint density at radius 1 is 1.11 bits per heavy atom. The molecule has 0 radical (unpaired) electrons.